The number of hydrogen-bond donors (Lipinski definition) is 0. The minimum atomic E-state index is -0.304. The molecule has 0 fully saturated rings. The molecule has 3 nitrogen and oxygen atoms in total. The van der Waals surface area contributed by atoms with Gasteiger partial charge in [0.2, 0.25) is 6.54 Å². The molecule has 0 unspecified atom stereocenters. The van der Waals surface area contributed by atoms with Crippen molar-refractivity contribution in [2.75, 3.05) is 0 Å². The first kappa shape index (κ1) is 10.4. The maximum atomic E-state index is 10.6. The number of nitro groups is 1. The maximum Gasteiger partial charge on any atom is 0.229 e. The molecule has 0 aromatic heterocycles. The predicted octanol–water partition coefficient (Wildman–Crippen LogP) is 3.13. The zero-order valence-corrected chi connectivity index (χ0v) is 8.67. The lowest BCUT2D eigenvalue weighted by atomic mass is 10.00. The number of rotatable bonds is 3. The molecule has 0 amide bonds. The van der Waals surface area contributed by atoms with E-state index in [0.717, 1.165) is 16.7 Å². The molecule has 0 bridgehead atoms. The van der Waals surface area contributed by atoms with Crippen LogP contribution in [0.25, 0.3) is 11.1 Å². The fourth-order valence-corrected chi connectivity index (χ4v) is 1.70. The maximum absolute atomic E-state index is 10.6. The van der Waals surface area contributed by atoms with Gasteiger partial charge in [-0.25, -0.2) is 0 Å². The zero-order valence-electron chi connectivity index (χ0n) is 8.67. The molecular weight excluding hydrogens is 202 g/mol. The molecule has 0 heterocycles. The van der Waals surface area contributed by atoms with Gasteiger partial charge in [-0.3, -0.25) is 10.1 Å². The summed E-state index contributed by atoms with van der Waals surface area (Å²) in [5, 5.41) is 10.6. The second kappa shape index (κ2) is 4.57. The summed E-state index contributed by atoms with van der Waals surface area (Å²) in [6, 6.07) is 17.1. The smallest absolute Gasteiger partial charge is 0.229 e. The van der Waals surface area contributed by atoms with Crippen molar-refractivity contribution in [2.24, 2.45) is 0 Å². The van der Waals surface area contributed by atoms with Crippen LogP contribution in [0.4, 0.5) is 0 Å². The van der Waals surface area contributed by atoms with E-state index in [0.29, 0.717) is 0 Å². The van der Waals surface area contributed by atoms with Crippen molar-refractivity contribution < 1.29 is 4.92 Å². The van der Waals surface area contributed by atoms with E-state index in [2.05, 4.69) is 0 Å². The van der Waals surface area contributed by atoms with Crippen molar-refractivity contribution >= 4 is 0 Å². The Morgan fingerprint density at radius 1 is 0.938 bits per heavy atom. The molecule has 0 aliphatic carbocycles. The number of nitrogens with zero attached hydrogens (tertiary/aromatic N) is 1. The molecule has 0 atom stereocenters. The van der Waals surface area contributed by atoms with Crippen LogP contribution in [-0.2, 0) is 6.54 Å². The third-order valence-corrected chi connectivity index (χ3v) is 2.40. The second-order valence-corrected chi connectivity index (χ2v) is 3.51. The molecule has 2 aromatic carbocycles. The molecule has 0 spiro atoms. The quantitative estimate of drug-likeness (QED) is 0.580. The fourth-order valence-electron chi connectivity index (χ4n) is 1.70. The zero-order chi connectivity index (χ0) is 11.4. The van der Waals surface area contributed by atoms with Crippen LogP contribution in [0, 0.1) is 10.1 Å². The summed E-state index contributed by atoms with van der Waals surface area (Å²) >= 11 is 0. The van der Waals surface area contributed by atoms with Crippen molar-refractivity contribution in [3.8, 4) is 11.1 Å². The lowest BCUT2D eigenvalue weighted by Gasteiger charge is -2.05. The van der Waals surface area contributed by atoms with Gasteiger partial charge in [0.05, 0.1) is 0 Å². The number of benzene rings is 2. The summed E-state index contributed by atoms with van der Waals surface area (Å²) in [5.41, 5.74) is 2.69. The molecule has 2 aromatic rings. The molecule has 0 N–H and O–H groups in total. The summed E-state index contributed by atoms with van der Waals surface area (Å²) < 4.78 is 0. The molecule has 16 heavy (non-hydrogen) atoms. The highest BCUT2D eigenvalue weighted by Gasteiger charge is 2.08. The van der Waals surface area contributed by atoms with Crippen LogP contribution in [0.1, 0.15) is 5.56 Å². The van der Waals surface area contributed by atoms with Crippen molar-refractivity contribution in [2.45, 2.75) is 6.54 Å². The Labute approximate surface area is 93.5 Å². The van der Waals surface area contributed by atoms with Gasteiger partial charge in [0.15, 0.2) is 0 Å². The van der Waals surface area contributed by atoms with E-state index in [-0.39, 0.29) is 11.5 Å². The summed E-state index contributed by atoms with van der Waals surface area (Å²) in [7, 11) is 0. The topological polar surface area (TPSA) is 43.1 Å². The molecule has 0 saturated heterocycles. The van der Waals surface area contributed by atoms with Crippen LogP contribution < -0.4 is 0 Å². The normalized spacial score (nSPS) is 10.0. The summed E-state index contributed by atoms with van der Waals surface area (Å²) in [6.07, 6.45) is 0. The molecular formula is C13H11NO2. The van der Waals surface area contributed by atoms with Crippen LogP contribution >= 0.6 is 0 Å². The third-order valence-electron chi connectivity index (χ3n) is 2.40. The van der Waals surface area contributed by atoms with Gasteiger partial charge < -0.3 is 0 Å². The highest BCUT2D eigenvalue weighted by molar-refractivity contribution is 5.66. The molecule has 0 aliphatic rings. The van der Waals surface area contributed by atoms with Crippen molar-refractivity contribution in [1.82, 2.24) is 0 Å². The second-order valence-electron chi connectivity index (χ2n) is 3.51. The van der Waals surface area contributed by atoms with E-state index in [1.165, 1.54) is 0 Å². The van der Waals surface area contributed by atoms with Gasteiger partial charge in [-0.1, -0.05) is 54.6 Å². The van der Waals surface area contributed by atoms with Crippen molar-refractivity contribution in [1.29, 1.82) is 0 Å². The van der Waals surface area contributed by atoms with Crippen LogP contribution in [0.3, 0.4) is 0 Å². The lowest BCUT2D eigenvalue weighted by Crippen LogP contribution is -1.99. The number of hydrogen-bond acceptors (Lipinski definition) is 2. The monoisotopic (exact) mass is 213 g/mol. The molecule has 80 valence electrons. The Bertz CT molecular complexity index is 494. The predicted molar refractivity (Wildman–Crippen MR) is 62.6 cm³/mol. The van der Waals surface area contributed by atoms with Gasteiger partial charge in [-0.15, -0.1) is 0 Å². The van der Waals surface area contributed by atoms with E-state index < -0.39 is 0 Å². The fraction of sp³-hybridized carbons (Fsp3) is 0.0769. The highest BCUT2D eigenvalue weighted by Crippen LogP contribution is 2.23. The van der Waals surface area contributed by atoms with Crippen molar-refractivity contribution in [3.63, 3.8) is 0 Å². The van der Waals surface area contributed by atoms with E-state index in [1.54, 1.807) is 6.07 Å². The van der Waals surface area contributed by atoms with Gasteiger partial charge in [0.25, 0.3) is 0 Å². The Hall–Kier alpha value is -2.16. The van der Waals surface area contributed by atoms with E-state index in [4.69, 9.17) is 0 Å². The standard InChI is InChI=1S/C13H11NO2/c15-14(16)10-12-8-4-5-9-13(12)11-6-2-1-3-7-11/h1-9H,10H2. The summed E-state index contributed by atoms with van der Waals surface area (Å²) in [6.45, 7) is -0.134. The molecule has 0 saturated carbocycles. The average molecular weight is 213 g/mol. The van der Waals surface area contributed by atoms with Gasteiger partial charge in [-0.05, 0) is 11.1 Å². The van der Waals surface area contributed by atoms with Gasteiger partial charge in [0, 0.05) is 10.5 Å². The van der Waals surface area contributed by atoms with Gasteiger partial charge in [0.1, 0.15) is 0 Å². The third kappa shape index (κ3) is 2.25. The van der Waals surface area contributed by atoms with Gasteiger partial charge >= 0.3 is 0 Å². The molecule has 2 rings (SSSR count). The largest absolute Gasteiger partial charge is 0.264 e. The summed E-state index contributed by atoms with van der Waals surface area (Å²) in [5.74, 6) is 0. The minimum Gasteiger partial charge on any atom is -0.264 e. The Morgan fingerprint density at radius 3 is 2.25 bits per heavy atom. The first-order valence-electron chi connectivity index (χ1n) is 5.02. The Balaban J connectivity index is 2.44. The van der Waals surface area contributed by atoms with E-state index >= 15 is 0 Å². The minimum absolute atomic E-state index is 0.134. The van der Waals surface area contributed by atoms with Crippen LogP contribution in [-0.4, -0.2) is 4.92 Å². The lowest BCUT2D eigenvalue weighted by molar-refractivity contribution is -0.496. The van der Waals surface area contributed by atoms with E-state index in [9.17, 15) is 10.1 Å². The molecule has 0 radical (unpaired) electrons. The van der Waals surface area contributed by atoms with Gasteiger partial charge in [-0.2, -0.15) is 0 Å². The first-order valence-corrected chi connectivity index (χ1v) is 5.02. The van der Waals surface area contributed by atoms with Crippen LogP contribution in [0.2, 0.25) is 0 Å². The molecule has 3 heteroatoms. The summed E-state index contributed by atoms with van der Waals surface area (Å²) in [4.78, 5) is 10.3. The first-order chi connectivity index (χ1) is 7.77. The Morgan fingerprint density at radius 2 is 1.56 bits per heavy atom. The van der Waals surface area contributed by atoms with Crippen LogP contribution in [0.5, 0.6) is 0 Å². The Kier molecular flexibility index (Phi) is 2.96. The van der Waals surface area contributed by atoms with Crippen LogP contribution in [0.15, 0.2) is 54.6 Å². The van der Waals surface area contributed by atoms with E-state index in [1.807, 2.05) is 48.5 Å². The highest BCUT2D eigenvalue weighted by atomic mass is 16.6. The SMILES string of the molecule is O=[N+]([O-])Cc1ccccc1-c1ccccc1. The molecule has 0 aliphatic heterocycles. The average Bonchev–Trinajstić information content (AvgIpc) is 2.30. The van der Waals surface area contributed by atoms with Crippen molar-refractivity contribution in [3.05, 3.63) is 70.3 Å².